The molecule has 22 heavy (non-hydrogen) atoms. The first-order valence-corrected chi connectivity index (χ1v) is 7.50. The average molecular weight is 295 g/mol. The summed E-state index contributed by atoms with van der Waals surface area (Å²) in [7, 11) is 0. The van der Waals surface area contributed by atoms with Crippen molar-refractivity contribution in [3.63, 3.8) is 0 Å². The Morgan fingerprint density at radius 1 is 1.14 bits per heavy atom. The molecule has 2 aromatic carbocycles. The van der Waals surface area contributed by atoms with Gasteiger partial charge in [0.15, 0.2) is 0 Å². The second-order valence-corrected chi connectivity index (χ2v) is 5.90. The molecule has 2 aliphatic rings. The van der Waals surface area contributed by atoms with Crippen LogP contribution < -0.4 is 4.74 Å². The van der Waals surface area contributed by atoms with Crippen LogP contribution in [-0.2, 0) is 16.9 Å². The summed E-state index contributed by atoms with van der Waals surface area (Å²) in [6, 6.07) is 17.3. The summed E-state index contributed by atoms with van der Waals surface area (Å²) in [5, 5.41) is 11.1. The number of hydrogen-bond acceptors (Lipinski definition) is 3. The van der Waals surface area contributed by atoms with Crippen LogP contribution in [0.1, 0.15) is 24.0 Å². The number of likely N-dealkylation sites (tertiary alicyclic amines) is 1. The molecule has 2 heterocycles. The number of fused-ring (bicyclic) bond motifs is 3. The highest BCUT2D eigenvalue weighted by Crippen LogP contribution is 2.47. The number of benzene rings is 2. The Bertz CT molecular complexity index is 715. The lowest BCUT2D eigenvalue weighted by Crippen LogP contribution is -2.56. The molecule has 2 aromatic rings. The Balaban J connectivity index is 1.70. The topological polar surface area (TPSA) is 49.8 Å². The predicted octanol–water partition coefficient (Wildman–Crippen LogP) is 2.42. The molecule has 1 amide bonds. The van der Waals surface area contributed by atoms with Gasteiger partial charge in [-0.1, -0.05) is 48.5 Å². The standard InChI is InChI=1S/C18H17NO3/c20-16-10-11-18(21)14-8-4-5-9-15(14)22-17(18)19(16)12-13-6-2-1-3-7-13/h1-9,17,21H,10-12H2/t17-,18-/m1/s1. The molecule has 4 rings (SSSR count). The van der Waals surface area contributed by atoms with Crippen molar-refractivity contribution in [2.75, 3.05) is 0 Å². The van der Waals surface area contributed by atoms with E-state index in [0.29, 0.717) is 25.1 Å². The third-order valence-corrected chi connectivity index (χ3v) is 4.52. The molecule has 0 aliphatic carbocycles. The zero-order valence-corrected chi connectivity index (χ0v) is 12.1. The molecule has 0 aromatic heterocycles. The van der Waals surface area contributed by atoms with Crippen LogP contribution in [0, 0.1) is 0 Å². The second kappa shape index (κ2) is 4.85. The molecule has 0 saturated carbocycles. The maximum atomic E-state index is 12.4. The van der Waals surface area contributed by atoms with Gasteiger partial charge in [0.05, 0.1) is 0 Å². The molecule has 1 fully saturated rings. The molecule has 0 unspecified atom stereocenters. The van der Waals surface area contributed by atoms with Gasteiger partial charge in [-0.15, -0.1) is 0 Å². The van der Waals surface area contributed by atoms with Gasteiger partial charge in [-0.05, 0) is 18.1 Å². The fraction of sp³-hybridized carbons (Fsp3) is 0.278. The number of nitrogens with zero attached hydrogens (tertiary/aromatic N) is 1. The fourth-order valence-corrected chi connectivity index (χ4v) is 3.38. The van der Waals surface area contributed by atoms with Gasteiger partial charge in [0.2, 0.25) is 12.1 Å². The van der Waals surface area contributed by atoms with Gasteiger partial charge in [-0.25, -0.2) is 0 Å². The van der Waals surface area contributed by atoms with Crippen LogP contribution in [0.3, 0.4) is 0 Å². The molecule has 112 valence electrons. The van der Waals surface area contributed by atoms with E-state index in [9.17, 15) is 9.90 Å². The van der Waals surface area contributed by atoms with Crippen LogP contribution >= 0.6 is 0 Å². The largest absolute Gasteiger partial charge is 0.467 e. The molecule has 0 radical (unpaired) electrons. The van der Waals surface area contributed by atoms with Crippen molar-refractivity contribution in [3.05, 3.63) is 65.7 Å². The van der Waals surface area contributed by atoms with Gasteiger partial charge >= 0.3 is 0 Å². The summed E-state index contributed by atoms with van der Waals surface area (Å²) < 4.78 is 5.92. The smallest absolute Gasteiger partial charge is 0.225 e. The lowest BCUT2D eigenvalue weighted by molar-refractivity contribution is -0.176. The molecule has 2 aliphatic heterocycles. The van der Waals surface area contributed by atoms with Crippen LogP contribution in [0.25, 0.3) is 0 Å². The van der Waals surface area contributed by atoms with Crippen molar-refractivity contribution < 1.29 is 14.6 Å². The lowest BCUT2D eigenvalue weighted by Gasteiger charge is -2.41. The highest BCUT2D eigenvalue weighted by atomic mass is 16.5. The summed E-state index contributed by atoms with van der Waals surface area (Å²) >= 11 is 0. The third-order valence-electron chi connectivity index (χ3n) is 4.52. The van der Waals surface area contributed by atoms with E-state index in [1.165, 1.54) is 0 Å². The van der Waals surface area contributed by atoms with Gasteiger partial charge in [0.25, 0.3) is 0 Å². The monoisotopic (exact) mass is 295 g/mol. The second-order valence-electron chi connectivity index (χ2n) is 5.90. The summed E-state index contributed by atoms with van der Waals surface area (Å²) in [5.41, 5.74) is 0.699. The Morgan fingerprint density at radius 3 is 2.68 bits per heavy atom. The van der Waals surface area contributed by atoms with Crippen LogP contribution in [0.2, 0.25) is 0 Å². The highest BCUT2D eigenvalue weighted by Gasteiger charge is 2.54. The quantitative estimate of drug-likeness (QED) is 0.925. The summed E-state index contributed by atoms with van der Waals surface area (Å²) in [6.45, 7) is 0.445. The number of ether oxygens (including phenoxy) is 1. The minimum absolute atomic E-state index is 0.0198. The van der Waals surface area contributed by atoms with Crippen molar-refractivity contribution >= 4 is 5.91 Å². The molecular formula is C18H17NO3. The molecule has 4 nitrogen and oxygen atoms in total. The molecule has 2 atom stereocenters. The minimum Gasteiger partial charge on any atom is -0.467 e. The molecule has 1 N–H and O–H groups in total. The van der Waals surface area contributed by atoms with Crippen molar-refractivity contribution in [2.24, 2.45) is 0 Å². The first-order chi connectivity index (χ1) is 10.7. The summed E-state index contributed by atoms with van der Waals surface area (Å²) in [6.07, 6.45) is 0.0856. The number of aliphatic hydroxyl groups is 1. The number of rotatable bonds is 2. The van der Waals surface area contributed by atoms with Crippen LogP contribution in [-0.4, -0.2) is 22.1 Å². The molecule has 4 heteroatoms. The van der Waals surface area contributed by atoms with E-state index in [2.05, 4.69) is 0 Å². The van der Waals surface area contributed by atoms with E-state index in [0.717, 1.165) is 11.1 Å². The van der Waals surface area contributed by atoms with Crippen molar-refractivity contribution in [1.82, 2.24) is 4.90 Å². The van der Waals surface area contributed by atoms with Crippen LogP contribution in [0.15, 0.2) is 54.6 Å². The van der Waals surface area contributed by atoms with E-state index < -0.39 is 11.8 Å². The molecule has 0 bridgehead atoms. The van der Waals surface area contributed by atoms with Gasteiger partial charge < -0.3 is 9.84 Å². The zero-order chi connectivity index (χ0) is 15.2. The van der Waals surface area contributed by atoms with E-state index in [4.69, 9.17) is 4.74 Å². The van der Waals surface area contributed by atoms with Gasteiger partial charge in [0, 0.05) is 18.5 Å². The van der Waals surface area contributed by atoms with Gasteiger partial charge in [-0.3, -0.25) is 9.69 Å². The number of hydrogen-bond donors (Lipinski definition) is 1. The number of carbonyl (C=O) groups is 1. The SMILES string of the molecule is O=C1CC[C@@]2(O)c3ccccc3O[C@H]2N1Cc1ccccc1. The Morgan fingerprint density at radius 2 is 1.86 bits per heavy atom. The van der Waals surface area contributed by atoms with E-state index in [-0.39, 0.29) is 5.91 Å². The molecular weight excluding hydrogens is 278 g/mol. The third kappa shape index (κ3) is 1.91. The van der Waals surface area contributed by atoms with Crippen molar-refractivity contribution in [2.45, 2.75) is 31.2 Å². The Labute approximate surface area is 128 Å². The maximum Gasteiger partial charge on any atom is 0.225 e. The first kappa shape index (κ1) is 13.3. The zero-order valence-electron chi connectivity index (χ0n) is 12.1. The summed E-state index contributed by atoms with van der Waals surface area (Å²) in [4.78, 5) is 14.0. The fourth-order valence-electron chi connectivity index (χ4n) is 3.38. The maximum absolute atomic E-state index is 12.4. The average Bonchev–Trinajstić information content (AvgIpc) is 2.85. The summed E-state index contributed by atoms with van der Waals surface area (Å²) in [5.74, 6) is 0.689. The van der Waals surface area contributed by atoms with Crippen molar-refractivity contribution in [3.8, 4) is 5.75 Å². The van der Waals surface area contributed by atoms with E-state index >= 15 is 0 Å². The number of para-hydroxylation sites is 1. The van der Waals surface area contributed by atoms with Crippen LogP contribution in [0.4, 0.5) is 0 Å². The number of carbonyl (C=O) groups excluding carboxylic acids is 1. The minimum atomic E-state index is -1.11. The molecule has 0 spiro atoms. The highest BCUT2D eigenvalue weighted by molar-refractivity contribution is 5.78. The number of piperidine rings is 1. The van der Waals surface area contributed by atoms with Crippen LogP contribution in [0.5, 0.6) is 5.75 Å². The van der Waals surface area contributed by atoms with E-state index in [1.807, 2.05) is 54.6 Å². The Hall–Kier alpha value is -2.33. The molecule has 1 saturated heterocycles. The Kier molecular flexibility index (Phi) is 2.94. The van der Waals surface area contributed by atoms with Crippen molar-refractivity contribution in [1.29, 1.82) is 0 Å². The normalized spacial score (nSPS) is 26.3. The lowest BCUT2D eigenvalue weighted by atomic mass is 9.85. The van der Waals surface area contributed by atoms with Gasteiger partial charge in [0.1, 0.15) is 11.4 Å². The predicted molar refractivity (Wildman–Crippen MR) is 81.0 cm³/mol. The number of amides is 1. The first-order valence-electron chi connectivity index (χ1n) is 7.50. The van der Waals surface area contributed by atoms with Gasteiger partial charge in [-0.2, -0.15) is 0 Å². The van der Waals surface area contributed by atoms with E-state index in [1.54, 1.807) is 4.90 Å².